The minimum atomic E-state index is 0.0625. The number of hydrogen-bond donors (Lipinski definition) is 1. The van der Waals surface area contributed by atoms with Crippen molar-refractivity contribution in [2.24, 2.45) is 5.92 Å². The molecule has 2 amide bonds. The van der Waals surface area contributed by atoms with Gasteiger partial charge in [-0.05, 0) is 36.3 Å². The lowest BCUT2D eigenvalue weighted by molar-refractivity contribution is -0.137. The van der Waals surface area contributed by atoms with Crippen LogP contribution in [0.25, 0.3) is 0 Å². The molecule has 1 aromatic rings. The zero-order chi connectivity index (χ0) is 16.2. The van der Waals surface area contributed by atoms with Crippen molar-refractivity contribution in [3.63, 3.8) is 0 Å². The van der Waals surface area contributed by atoms with Crippen LogP contribution in [0.4, 0.5) is 0 Å². The normalized spacial score (nSPS) is 21.3. The van der Waals surface area contributed by atoms with Crippen LogP contribution in [0.5, 0.6) is 0 Å². The molecule has 1 aromatic carbocycles. The van der Waals surface area contributed by atoms with E-state index in [0.717, 1.165) is 44.5 Å². The Balaban J connectivity index is 1.51. The van der Waals surface area contributed by atoms with Gasteiger partial charge >= 0.3 is 0 Å². The summed E-state index contributed by atoms with van der Waals surface area (Å²) in [6.07, 6.45) is 3.39. The molecule has 0 spiro atoms. The molecule has 2 fully saturated rings. The zero-order valence-electron chi connectivity index (χ0n) is 13.4. The molecular weight excluding hydrogens is 292 g/mol. The van der Waals surface area contributed by atoms with Gasteiger partial charge in [0, 0.05) is 26.1 Å². The van der Waals surface area contributed by atoms with E-state index in [9.17, 15) is 14.7 Å². The van der Waals surface area contributed by atoms with Gasteiger partial charge in [-0.2, -0.15) is 0 Å². The first-order valence-corrected chi connectivity index (χ1v) is 8.40. The van der Waals surface area contributed by atoms with Crippen LogP contribution < -0.4 is 0 Å². The number of aliphatic hydroxyl groups excluding tert-OH is 1. The Morgan fingerprint density at radius 1 is 1.26 bits per heavy atom. The van der Waals surface area contributed by atoms with E-state index in [1.807, 2.05) is 23.1 Å². The Labute approximate surface area is 136 Å². The number of likely N-dealkylation sites (tertiary alicyclic amines) is 2. The maximum atomic E-state index is 12.3. The van der Waals surface area contributed by atoms with E-state index in [2.05, 4.69) is 6.07 Å². The minimum absolute atomic E-state index is 0.0625. The van der Waals surface area contributed by atoms with E-state index in [1.165, 1.54) is 5.56 Å². The Bertz CT molecular complexity index is 587. The van der Waals surface area contributed by atoms with Crippen molar-refractivity contribution in [2.75, 3.05) is 26.2 Å². The Morgan fingerprint density at radius 2 is 2.09 bits per heavy atom. The van der Waals surface area contributed by atoms with Crippen molar-refractivity contribution in [1.29, 1.82) is 0 Å². The highest BCUT2D eigenvalue weighted by atomic mass is 16.3. The van der Waals surface area contributed by atoms with Crippen LogP contribution >= 0.6 is 0 Å². The smallest absolute Gasteiger partial charge is 0.242 e. The molecule has 3 rings (SSSR count). The molecule has 5 nitrogen and oxygen atoms in total. The van der Waals surface area contributed by atoms with Crippen LogP contribution in [0.3, 0.4) is 0 Å². The Kier molecular flexibility index (Phi) is 4.96. The van der Waals surface area contributed by atoms with Crippen LogP contribution in [0.15, 0.2) is 24.3 Å². The van der Waals surface area contributed by atoms with Gasteiger partial charge in [0.1, 0.15) is 0 Å². The largest absolute Gasteiger partial charge is 0.392 e. The van der Waals surface area contributed by atoms with Gasteiger partial charge in [0.2, 0.25) is 11.8 Å². The molecule has 124 valence electrons. The molecule has 0 bridgehead atoms. The molecule has 0 aliphatic carbocycles. The monoisotopic (exact) mass is 316 g/mol. The summed E-state index contributed by atoms with van der Waals surface area (Å²) in [4.78, 5) is 27.5. The second kappa shape index (κ2) is 7.13. The molecule has 5 heteroatoms. The summed E-state index contributed by atoms with van der Waals surface area (Å²) in [6, 6.07) is 8.00. The Hall–Kier alpha value is -1.88. The average molecular weight is 316 g/mol. The van der Waals surface area contributed by atoms with E-state index >= 15 is 0 Å². The highest BCUT2D eigenvalue weighted by Crippen LogP contribution is 2.22. The van der Waals surface area contributed by atoms with E-state index < -0.39 is 0 Å². The molecule has 2 aliphatic rings. The fourth-order valence-corrected chi connectivity index (χ4v) is 3.55. The highest BCUT2D eigenvalue weighted by molar-refractivity contribution is 5.86. The van der Waals surface area contributed by atoms with E-state index in [0.29, 0.717) is 12.3 Å². The fourth-order valence-electron chi connectivity index (χ4n) is 3.55. The van der Waals surface area contributed by atoms with Crippen LogP contribution in [0.2, 0.25) is 0 Å². The second-order valence-corrected chi connectivity index (χ2v) is 6.60. The van der Waals surface area contributed by atoms with Crippen molar-refractivity contribution >= 4 is 11.8 Å². The van der Waals surface area contributed by atoms with Crippen molar-refractivity contribution in [3.05, 3.63) is 35.4 Å². The first kappa shape index (κ1) is 16.0. The molecule has 0 aromatic heterocycles. The van der Waals surface area contributed by atoms with Gasteiger partial charge in [0.15, 0.2) is 0 Å². The van der Waals surface area contributed by atoms with E-state index in [1.54, 1.807) is 4.90 Å². The molecule has 2 saturated heterocycles. The standard InChI is InChI=1S/C18H24N2O3/c21-13-16-4-1-3-14(10-16)9-15-6-8-20(11-15)18(23)12-19-7-2-5-17(19)22/h1,3-4,10,15,21H,2,5-9,11-13H2. The predicted octanol–water partition coefficient (Wildman–Crippen LogP) is 1.19. The number of aliphatic hydroxyl groups is 1. The third-order valence-electron chi connectivity index (χ3n) is 4.83. The first-order chi connectivity index (χ1) is 11.2. The third kappa shape index (κ3) is 3.91. The van der Waals surface area contributed by atoms with Crippen LogP contribution in [0, 0.1) is 5.92 Å². The Morgan fingerprint density at radius 3 is 2.83 bits per heavy atom. The molecule has 1 unspecified atom stereocenters. The number of carbonyl (C=O) groups excluding carboxylic acids is 2. The quantitative estimate of drug-likeness (QED) is 0.888. The number of amides is 2. The topological polar surface area (TPSA) is 60.9 Å². The van der Waals surface area contributed by atoms with Gasteiger partial charge < -0.3 is 14.9 Å². The van der Waals surface area contributed by atoms with Crippen molar-refractivity contribution in [1.82, 2.24) is 9.80 Å². The SMILES string of the molecule is O=C1CCCN1CC(=O)N1CCC(Cc2cccc(CO)c2)C1. The third-order valence-corrected chi connectivity index (χ3v) is 4.83. The summed E-state index contributed by atoms with van der Waals surface area (Å²) in [7, 11) is 0. The summed E-state index contributed by atoms with van der Waals surface area (Å²) in [6.45, 7) is 2.57. The average Bonchev–Trinajstić information content (AvgIpc) is 3.17. The van der Waals surface area contributed by atoms with Gasteiger partial charge in [-0.15, -0.1) is 0 Å². The summed E-state index contributed by atoms with van der Waals surface area (Å²) >= 11 is 0. The lowest BCUT2D eigenvalue weighted by Gasteiger charge is -2.21. The summed E-state index contributed by atoms with van der Waals surface area (Å²) in [5.41, 5.74) is 2.14. The maximum Gasteiger partial charge on any atom is 0.242 e. The summed E-state index contributed by atoms with van der Waals surface area (Å²) in [5, 5.41) is 9.21. The second-order valence-electron chi connectivity index (χ2n) is 6.60. The number of rotatable bonds is 5. The van der Waals surface area contributed by atoms with Crippen LogP contribution in [-0.2, 0) is 22.6 Å². The van der Waals surface area contributed by atoms with Crippen LogP contribution in [-0.4, -0.2) is 52.9 Å². The number of nitrogens with zero attached hydrogens (tertiary/aromatic N) is 2. The molecule has 0 saturated carbocycles. The van der Waals surface area contributed by atoms with Crippen molar-refractivity contribution in [2.45, 2.75) is 32.3 Å². The van der Waals surface area contributed by atoms with Crippen molar-refractivity contribution in [3.8, 4) is 0 Å². The minimum Gasteiger partial charge on any atom is -0.392 e. The number of benzene rings is 1. The molecule has 2 heterocycles. The molecule has 23 heavy (non-hydrogen) atoms. The fraction of sp³-hybridized carbons (Fsp3) is 0.556. The molecule has 0 radical (unpaired) electrons. The molecule has 2 aliphatic heterocycles. The molecule has 1 atom stereocenters. The van der Waals surface area contributed by atoms with Crippen LogP contribution in [0.1, 0.15) is 30.4 Å². The van der Waals surface area contributed by atoms with E-state index in [-0.39, 0.29) is 25.0 Å². The van der Waals surface area contributed by atoms with Gasteiger partial charge in [-0.3, -0.25) is 9.59 Å². The number of carbonyl (C=O) groups is 2. The molecular formula is C18H24N2O3. The summed E-state index contributed by atoms with van der Waals surface area (Å²) in [5.74, 6) is 0.643. The zero-order valence-corrected chi connectivity index (χ0v) is 13.4. The van der Waals surface area contributed by atoms with Gasteiger partial charge in [-0.25, -0.2) is 0 Å². The van der Waals surface area contributed by atoms with Crippen molar-refractivity contribution < 1.29 is 14.7 Å². The van der Waals surface area contributed by atoms with Gasteiger partial charge in [-0.1, -0.05) is 24.3 Å². The number of hydrogen-bond acceptors (Lipinski definition) is 3. The lowest BCUT2D eigenvalue weighted by atomic mass is 9.97. The summed E-state index contributed by atoms with van der Waals surface area (Å²) < 4.78 is 0. The van der Waals surface area contributed by atoms with E-state index in [4.69, 9.17) is 0 Å². The predicted molar refractivity (Wildman–Crippen MR) is 86.6 cm³/mol. The molecule has 1 N–H and O–H groups in total. The highest BCUT2D eigenvalue weighted by Gasteiger charge is 2.29. The van der Waals surface area contributed by atoms with Gasteiger partial charge in [0.25, 0.3) is 0 Å². The maximum absolute atomic E-state index is 12.3. The van der Waals surface area contributed by atoms with Gasteiger partial charge in [0.05, 0.1) is 13.2 Å². The lowest BCUT2D eigenvalue weighted by Crippen LogP contribution is -2.39. The first-order valence-electron chi connectivity index (χ1n) is 8.40.